The molecule has 0 atom stereocenters. The Morgan fingerprint density at radius 3 is 2.56 bits per heavy atom. The molecule has 1 N–H and O–H groups in total. The Labute approximate surface area is 100 Å². The first-order valence-electron chi connectivity index (χ1n) is 5.30. The van der Waals surface area contributed by atoms with Crippen LogP contribution in [0.15, 0.2) is 15.4 Å². The lowest BCUT2D eigenvalue weighted by atomic mass is 10.2. The van der Waals surface area contributed by atoms with Gasteiger partial charge in [0.05, 0.1) is 6.42 Å². The minimum absolute atomic E-state index is 0.0544. The summed E-state index contributed by atoms with van der Waals surface area (Å²) in [6, 6.07) is 1.21. The van der Waals surface area contributed by atoms with Crippen molar-refractivity contribution in [3.8, 4) is 0 Å². The summed E-state index contributed by atoms with van der Waals surface area (Å²) in [5.41, 5.74) is -0.400. The van der Waals surface area contributed by atoms with E-state index in [9.17, 15) is 19.2 Å². The fraction of sp³-hybridized carbons (Fsp3) is 0.400. The van der Waals surface area contributed by atoms with Crippen molar-refractivity contribution in [1.29, 1.82) is 0 Å². The van der Waals surface area contributed by atoms with E-state index < -0.39 is 23.3 Å². The third-order valence-electron chi connectivity index (χ3n) is 2.35. The van der Waals surface area contributed by atoms with Crippen LogP contribution in [0, 0.1) is 0 Å². The van der Waals surface area contributed by atoms with E-state index in [4.69, 9.17) is 4.52 Å². The van der Waals surface area contributed by atoms with Crippen molar-refractivity contribution < 1.29 is 23.7 Å². The molecule has 0 saturated carbocycles. The Bertz CT molecular complexity index is 527. The highest BCUT2D eigenvalue weighted by Crippen LogP contribution is 2.13. The third-order valence-corrected chi connectivity index (χ3v) is 2.35. The van der Waals surface area contributed by atoms with E-state index in [-0.39, 0.29) is 25.7 Å². The molecule has 1 saturated heterocycles. The SMILES string of the molecule is O=C(CCc1cc(=O)[nH]o1)ON1C(=O)CCC1=O. The molecule has 96 valence electrons. The molecule has 0 unspecified atom stereocenters. The average Bonchev–Trinajstić information content (AvgIpc) is 2.87. The molecule has 8 heteroatoms. The minimum Gasteiger partial charge on any atom is -0.384 e. The van der Waals surface area contributed by atoms with Gasteiger partial charge in [0.2, 0.25) is 0 Å². The Morgan fingerprint density at radius 2 is 2.00 bits per heavy atom. The van der Waals surface area contributed by atoms with Gasteiger partial charge in [-0.15, -0.1) is 5.06 Å². The summed E-state index contributed by atoms with van der Waals surface area (Å²) in [5, 5.41) is 2.56. The first-order chi connectivity index (χ1) is 8.56. The predicted octanol–water partition coefficient (Wildman–Crippen LogP) is -0.492. The van der Waals surface area contributed by atoms with Crippen LogP contribution in [0.25, 0.3) is 0 Å². The van der Waals surface area contributed by atoms with Gasteiger partial charge >= 0.3 is 5.97 Å². The molecule has 0 aromatic carbocycles. The summed E-state index contributed by atoms with van der Waals surface area (Å²) in [4.78, 5) is 49.1. The van der Waals surface area contributed by atoms with Crippen molar-refractivity contribution in [2.45, 2.75) is 25.7 Å². The number of carbonyl (C=O) groups excluding carboxylic acids is 3. The molecule has 1 aromatic rings. The largest absolute Gasteiger partial charge is 0.384 e. The van der Waals surface area contributed by atoms with Gasteiger partial charge < -0.3 is 9.36 Å². The zero-order valence-corrected chi connectivity index (χ0v) is 9.30. The van der Waals surface area contributed by atoms with Crippen LogP contribution in [0.4, 0.5) is 0 Å². The molecule has 2 rings (SSSR count). The number of H-pyrrole nitrogens is 1. The number of rotatable bonds is 4. The first-order valence-corrected chi connectivity index (χ1v) is 5.30. The van der Waals surface area contributed by atoms with Gasteiger partial charge in [0.15, 0.2) is 0 Å². The lowest BCUT2D eigenvalue weighted by Gasteiger charge is -2.11. The number of hydrogen-bond acceptors (Lipinski definition) is 6. The molecule has 8 nitrogen and oxygen atoms in total. The van der Waals surface area contributed by atoms with E-state index in [2.05, 4.69) is 9.99 Å². The van der Waals surface area contributed by atoms with Gasteiger partial charge in [-0.3, -0.25) is 14.4 Å². The molecule has 1 aliphatic heterocycles. The van der Waals surface area contributed by atoms with E-state index in [0.717, 1.165) is 0 Å². The molecule has 0 bridgehead atoms. The Morgan fingerprint density at radius 1 is 1.33 bits per heavy atom. The van der Waals surface area contributed by atoms with Gasteiger partial charge in [-0.25, -0.2) is 4.79 Å². The number of hydrogen-bond donors (Lipinski definition) is 1. The first kappa shape index (κ1) is 12.1. The predicted molar refractivity (Wildman–Crippen MR) is 54.8 cm³/mol. The maximum absolute atomic E-state index is 11.4. The maximum atomic E-state index is 11.4. The second-order valence-electron chi connectivity index (χ2n) is 3.72. The number of amides is 2. The van der Waals surface area contributed by atoms with Gasteiger partial charge in [0.1, 0.15) is 5.76 Å². The standard InChI is InChI=1S/C10H10N2O6/c13-7-5-6(17-11-7)1-4-10(16)18-12-8(14)2-3-9(12)15/h5H,1-4H2,(H,11,13). The molecule has 1 aliphatic rings. The van der Waals surface area contributed by atoms with E-state index in [0.29, 0.717) is 10.8 Å². The van der Waals surface area contributed by atoms with E-state index in [1.54, 1.807) is 0 Å². The number of nitrogens with one attached hydrogen (secondary N) is 1. The molecule has 2 heterocycles. The molecular formula is C10H10N2O6. The number of nitrogens with zero attached hydrogens (tertiary/aromatic N) is 1. The summed E-state index contributed by atoms with van der Waals surface area (Å²) in [6.45, 7) is 0. The molecule has 1 aromatic heterocycles. The molecule has 0 radical (unpaired) electrons. The number of carbonyl (C=O) groups is 3. The molecular weight excluding hydrogens is 244 g/mol. The lowest BCUT2D eigenvalue weighted by molar-refractivity contribution is -0.197. The van der Waals surface area contributed by atoms with Crippen LogP contribution in [0.3, 0.4) is 0 Å². The summed E-state index contributed by atoms with van der Waals surface area (Å²) in [6.07, 6.45) is 0.156. The Kier molecular flexibility index (Phi) is 3.26. The zero-order chi connectivity index (χ0) is 13.1. The van der Waals surface area contributed by atoms with E-state index in [1.165, 1.54) is 6.07 Å². The van der Waals surface area contributed by atoms with Crippen molar-refractivity contribution in [2.75, 3.05) is 0 Å². The third kappa shape index (κ3) is 2.65. The highest BCUT2D eigenvalue weighted by molar-refractivity contribution is 6.01. The smallest absolute Gasteiger partial charge is 0.333 e. The fourth-order valence-electron chi connectivity index (χ4n) is 1.47. The molecule has 0 aliphatic carbocycles. The molecule has 0 spiro atoms. The second kappa shape index (κ2) is 4.86. The average molecular weight is 254 g/mol. The number of imide groups is 1. The van der Waals surface area contributed by atoms with Crippen molar-refractivity contribution in [3.05, 3.63) is 22.2 Å². The zero-order valence-electron chi connectivity index (χ0n) is 9.30. The maximum Gasteiger partial charge on any atom is 0.333 e. The van der Waals surface area contributed by atoms with Gasteiger partial charge in [0.25, 0.3) is 17.4 Å². The van der Waals surface area contributed by atoms with Crippen LogP contribution in [0.2, 0.25) is 0 Å². The monoisotopic (exact) mass is 254 g/mol. The fourth-order valence-corrected chi connectivity index (χ4v) is 1.47. The lowest BCUT2D eigenvalue weighted by Crippen LogP contribution is -2.32. The number of aromatic amines is 1. The van der Waals surface area contributed by atoms with Gasteiger partial charge in [-0.1, -0.05) is 0 Å². The number of aromatic nitrogens is 1. The Hall–Kier alpha value is -2.38. The van der Waals surface area contributed by atoms with Gasteiger partial charge in [-0.05, 0) is 0 Å². The van der Waals surface area contributed by atoms with Crippen LogP contribution < -0.4 is 5.56 Å². The molecule has 2 amide bonds. The Balaban J connectivity index is 1.84. The summed E-state index contributed by atoms with van der Waals surface area (Å²) in [5.74, 6) is -1.48. The van der Waals surface area contributed by atoms with Crippen LogP contribution in [-0.2, 0) is 25.6 Å². The highest BCUT2D eigenvalue weighted by Gasteiger charge is 2.32. The van der Waals surface area contributed by atoms with Gasteiger partial charge in [-0.2, -0.15) is 5.16 Å². The van der Waals surface area contributed by atoms with Crippen LogP contribution in [-0.4, -0.2) is 28.0 Å². The quantitative estimate of drug-likeness (QED) is 0.726. The summed E-state index contributed by atoms with van der Waals surface area (Å²) >= 11 is 0. The topological polar surface area (TPSA) is 110 Å². The number of hydroxylamine groups is 2. The van der Waals surface area contributed by atoms with E-state index >= 15 is 0 Å². The summed E-state index contributed by atoms with van der Waals surface area (Å²) in [7, 11) is 0. The van der Waals surface area contributed by atoms with Crippen molar-refractivity contribution in [1.82, 2.24) is 10.2 Å². The summed E-state index contributed by atoms with van der Waals surface area (Å²) < 4.78 is 4.73. The van der Waals surface area contributed by atoms with Crippen molar-refractivity contribution in [2.24, 2.45) is 0 Å². The van der Waals surface area contributed by atoms with E-state index in [1.807, 2.05) is 0 Å². The van der Waals surface area contributed by atoms with Crippen molar-refractivity contribution in [3.63, 3.8) is 0 Å². The minimum atomic E-state index is -0.734. The van der Waals surface area contributed by atoms with Crippen LogP contribution >= 0.6 is 0 Å². The van der Waals surface area contributed by atoms with Crippen LogP contribution in [0.5, 0.6) is 0 Å². The second-order valence-corrected chi connectivity index (χ2v) is 3.72. The van der Waals surface area contributed by atoms with Crippen LogP contribution in [0.1, 0.15) is 25.0 Å². The van der Waals surface area contributed by atoms with Crippen molar-refractivity contribution >= 4 is 17.8 Å². The highest BCUT2D eigenvalue weighted by atomic mass is 16.7. The molecule has 1 fully saturated rings. The normalized spacial score (nSPS) is 15.2. The molecule has 18 heavy (non-hydrogen) atoms. The van der Waals surface area contributed by atoms with Gasteiger partial charge in [0, 0.05) is 25.3 Å². The number of aryl methyl sites for hydroxylation is 1.